The van der Waals surface area contributed by atoms with Crippen LogP contribution in [0.2, 0.25) is 0 Å². The van der Waals surface area contributed by atoms with Crippen molar-refractivity contribution in [2.45, 2.75) is 29.8 Å². The first-order valence-corrected chi connectivity index (χ1v) is 11.9. The second kappa shape index (κ2) is 8.85. The number of hydrogen-bond donors (Lipinski definition) is 3. The number of likely N-dealkylation sites (tertiary alicyclic amines) is 1. The van der Waals surface area contributed by atoms with E-state index < -0.39 is 15.6 Å². The molecule has 9 heteroatoms. The fraction of sp³-hybridized carbons (Fsp3) is 0.304. The van der Waals surface area contributed by atoms with E-state index in [0.717, 1.165) is 5.39 Å². The van der Waals surface area contributed by atoms with Gasteiger partial charge in [-0.1, -0.05) is 18.2 Å². The Kier molecular flexibility index (Phi) is 6.14. The van der Waals surface area contributed by atoms with E-state index in [4.69, 9.17) is 5.11 Å². The van der Waals surface area contributed by atoms with Crippen molar-refractivity contribution in [3.8, 4) is 0 Å². The largest absolute Gasteiger partial charge is 0.396 e. The van der Waals surface area contributed by atoms with E-state index in [1.807, 2.05) is 0 Å². The predicted molar refractivity (Wildman–Crippen MR) is 121 cm³/mol. The Morgan fingerprint density at radius 3 is 2.44 bits per heavy atom. The van der Waals surface area contributed by atoms with Gasteiger partial charge in [-0.25, -0.2) is 8.42 Å². The molecule has 1 aliphatic heterocycles. The lowest BCUT2D eigenvalue weighted by Crippen LogP contribution is -2.47. The summed E-state index contributed by atoms with van der Waals surface area (Å²) >= 11 is 0. The van der Waals surface area contributed by atoms with Crippen molar-refractivity contribution in [3.63, 3.8) is 0 Å². The number of piperidine rings is 1. The third-order valence-corrected chi connectivity index (χ3v) is 7.24. The maximum atomic E-state index is 12.9. The van der Waals surface area contributed by atoms with Crippen LogP contribution < -0.4 is 4.72 Å². The van der Waals surface area contributed by atoms with Crippen LogP contribution >= 0.6 is 0 Å². The van der Waals surface area contributed by atoms with Crippen LogP contribution in [0.25, 0.3) is 10.9 Å². The zero-order valence-electron chi connectivity index (χ0n) is 17.4. The third kappa shape index (κ3) is 4.59. The SMILES string of the molecule is O=C(c1ccc(NS(=O)(=O)c2cccc3cccnc23)cc1)N1CCC(O)(CCO)CC1. The summed E-state index contributed by atoms with van der Waals surface area (Å²) in [5, 5.41) is 20.2. The molecule has 2 heterocycles. The highest BCUT2D eigenvalue weighted by Crippen LogP contribution is 2.27. The van der Waals surface area contributed by atoms with Crippen LogP contribution in [0.4, 0.5) is 5.69 Å². The summed E-state index contributed by atoms with van der Waals surface area (Å²) in [6.07, 6.45) is 2.68. The number of nitrogens with zero attached hydrogens (tertiary/aromatic N) is 2. The van der Waals surface area contributed by atoms with Gasteiger partial charge in [0.2, 0.25) is 0 Å². The van der Waals surface area contributed by atoms with Gasteiger partial charge in [-0.15, -0.1) is 0 Å². The number of anilines is 1. The summed E-state index contributed by atoms with van der Waals surface area (Å²) in [6.45, 7) is 0.715. The Bertz CT molecular complexity index is 1210. The number of nitrogens with one attached hydrogen (secondary N) is 1. The molecule has 1 fully saturated rings. The van der Waals surface area contributed by atoms with Crippen LogP contribution in [0.1, 0.15) is 29.6 Å². The number of amides is 1. The molecule has 8 nitrogen and oxygen atoms in total. The van der Waals surface area contributed by atoms with Crippen molar-refractivity contribution in [1.29, 1.82) is 0 Å². The van der Waals surface area contributed by atoms with E-state index in [0.29, 0.717) is 49.1 Å². The summed E-state index contributed by atoms with van der Waals surface area (Å²) < 4.78 is 28.4. The smallest absolute Gasteiger partial charge is 0.264 e. The highest BCUT2D eigenvalue weighted by molar-refractivity contribution is 7.93. The zero-order chi connectivity index (χ0) is 22.8. The minimum Gasteiger partial charge on any atom is -0.396 e. The molecule has 0 bridgehead atoms. The first-order chi connectivity index (χ1) is 15.3. The molecule has 0 radical (unpaired) electrons. The molecule has 1 amide bonds. The summed E-state index contributed by atoms with van der Waals surface area (Å²) in [4.78, 5) is 18.7. The number of para-hydroxylation sites is 1. The van der Waals surface area contributed by atoms with Gasteiger partial charge < -0.3 is 15.1 Å². The molecule has 1 aliphatic rings. The molecular formula is C23H25N3O5S. The molecule has 1 aromatic heterocycles. The monoisotopic (exact) mass is 455 g/mol. The molecule has 0 aliphatic carbocycles. The lowest BCUT2D eigenvalue weighted by molar-refractivity contribution is -0.0324. The second-order valence-electron chi connectivity index (χ2n) is 8.00. The number of rotatable bonds is 6. The molecule has 0 spiro atoms. The molecule has 0 atom stereocenters. The summed E-state index contributed by atoms with van der Waals surface area (Å²) in [5.74, 6) is -0.177. The van der Waals surface area contributed by atoms with Crippen LogP contribution in [0.15, 0.2) is 65.7 Å². The standard InChI is InChI=1S/C23H25N3O5S/c27-16-12-23(29)10-14-26(15-11-23)22(28)18-6-8-19(9-7-18)25-32(30,31)20-5-1-3-17-4-2-13-24-21(17)20/h1-9,13,25,27,29H,10-12,14-16H2. The molecule has 3 N–H and O–H groups in total. The van der Waals surface area contributed by atoms with Gasteiger partial charge in [0.1, 0.15) is 4.90 Å². The van der Waals surface area contributed by atoms with Crippen LogP contribution in [-0.2, 0) is 10.0 Å². The number of hydrogen-bond acceptors (Lipinski definition) is 6. The first kappa shape index (κ1) is 22.2. The summed E-state index contributed by atoms with van der Waals surface area (Å²) in [7, 11) is -3.87. The number of fused-ring (bicyclic) bond motifs is 1. The highest BCUT2D eigenvalue weighted by Gasteiger charge is 2.33. The minimum atomic E-state index is -3.87. The van der Waals surface area contributed by atoms with E-state index in [-0.39, 0.29) is 17.4 Å². The fourth-order valence-corrected chi connectivity index (χ4v) is 5.19. The Labute approximate surface area is 186 Å². The Balaban J connectivity index is 1.46. The number of sulfonamides is 1. The topological polar surface area (TPSA) is 120 Å². The number of aliphatic hydroxyl groups excluding tert-OH is 1. The fourth-order valence-electron chi connectivity index (χ4n) is 3.95. The number of aromatic nitrogens is 1. The molecule has 2 aromatic carbocycles. The number of carbonyl (C=O) groups is 1. The Morgan fingerprint density at radius 2 is 1.75 bits per heavy atom. The first-order valence-electron chi connectivity index (χ1n) is 10.4. The summed E-state index contributed by atoms with van der Waals surface area (Å²) in [6, 6.07) is 14.8. The normalized spacial score (nSPS) is 16.1. The van der Waals surface area contributed by atoms with Crippen molar-refractivity contribution >= 4 is 32.5 Å². The molecule has 3 aromatic rings. The average Bonchev–Trinajstić information content (AvgIpc) is 2.79. The van der Waals surface area contributed by atoms with Gasteiger partial charge in [0.05, 0.1) is 11.1 Å². The van der Waals surface area contributed by atoms with Crippen molar-refractivity contribution in [2.24, 2.45) is 0 Å². The molecule has 32 heavy (non-hydrogen) atoms. The zero-order valence-corrected chi connectivity index (χ0v) is 18.3. The van der Waals surface area contributed by atoms with E-state index in [1.165, 1.54) is 6.07 Å². The van der Waals surface area contributed by atoms with Crippen molar-refractivity contribution in [1.82, 2.24) is 9.88 Å². The molecule has 1 saturated heterocycles. The van der Waals surface area contributed by atoms with E-state index in [2.05, 4.69) is 9.71 Å². The number of carbonyl (C=O) groups excluding carboxylic acids is 1. The average molecular weight is 456 g/mol. The molecule has 0 unspecified atom stereocenters. The number of pyridine rings is 1. The van der Waals surface area contributed by atoms with Crippen molar-refractivity contribution < 1.29 is 23.4 Å². The van der Waals surface area contributed by atoms with Crippen LogP contribution in [-0.4, -0.2) is 59.7 Å². The lowest BCUT2D eigenvalue weighted by atomic mass is 9.88. The maximum absolute atomic E-state index is 12.9. The van der Waals surface area contributed by atoms with Crippen molar-refractivity contribution in [3.05, 3.63) is 66.4 Å². The second-order valence-corrected chi connectivity index (χ2v) is 9.66. The lowest BCUT2D eigenvalue weighted by Gasteiger charge is -2.38. The molecule has 168 valence electrons. The van der Waals surface area contributed by atoms with Crippen LogP contribution in [0.5, 0.6) is 0 Å². The van der Waals surface area contributed by atoms with Gasteiger partial charge in [0, 0.05) is 42.5 Å². The van der Waals surface area contributed by atoms with Crippen LogP contribution in [0.3, 0.4) is 0 Å². The van der Waals surface area contributed by atoms with Gasteiger partial charge in [-0.2, -0.15) is 0 Å². The molecule has 4 rings (SSSR count). The summed E-state index contributed by atoms with van der Waals surface area (Å²) in [5.41, 5.74) is 0.239. The highest BCUT2D eigenvalue weighted by atomic mass is 32.2. The maximum Gasteiger partial charge on any atom is 0.264 e. The molecule has 0 saturated carbocycles. The Hall–Kier alpha value is -3.01. The van der Waals surface area contributed by atoms with E-state index in [9.17, 15) is 18.3 Å². The van der Waals surface area contributed by atoms with Crippen LogP contribution in [0, 0.1) is 0 Å². The van der Waals surface area contributed by atoms with E-state index in [1.54, 1.807) is 59.6 Å². The minimum absolute atomic E-state index is 0.0828. The number of benzene rings is 2. The van der Waals surface area contributed by atoms with Crippen molar-refractivity contribution in [2.75, 3.05) is 24.4 Å². The third-order valence-electron chi connectivity index (χ3n) is 5.83. The van der Waals surface area contributed by atoms with Gasteiger partial charge >= 0.3 is 0 Å². The van der Waals surface area contributed by atoms with Gasteiger partial charge in [-0.3, -0.25) is 14.5 Å². The molecular weight excluding hydrogens is 430 g/mol. The quantitative estimate of drug-likeness (QED) is 0.525. The van der Waals surface area contributed by atoms with Gasteiger partial charge in [0.15, 0.2) is 0 Å². The predicted octanol–water partition coefficient (Wildman–Crippen LogP) is 2.39. The number of aliphatic hydroxyl groups is 2. The van der Waals surface area contributed by atoms with Gasteiger partial charge in [-0.05, 0) is 55.7 Å². The Morgan fingerprint density at radius 1 is 1.06 bits per heavy atom. The van der Waals surface area contributed by atoms with E-state index >= 15 is 0 Å². The van der Waals surface area contributed by atoms with Gasteiger partial charge in [0.25, 0.3) is 15.9 Å².